The number of carbonyl (C=O) groups is 1. The number of ether oxygens (including phenoxy) is 1. The maximum absolute atomic E-state index is 12.2. The van der Waals surface area contributed by atoms with E-state index in [4.69, 9.17) is 4.74 Å². The summed E-state index contributed by atoms with van der Waals surface area (Å²) in [4.78, 5) is 12.2. The van der Waals surface area contributed by atoms with Crippen LogP contribution in [0.2, 0.25) is 0 Å². The highest BCUT2D eigenvalue weighted by Gasteiger charge is 2.33. The van der Waals surface area contributed by atoms with Crippen molar-refractivity contribution in [1.82, 2.24) is 0 Å². The normalized spacial score (nSPS) is 21.7. The van der Waals surface area contributed by atoms with Gasteiger partial charge in [-0.25, -0.2) is 0 Å². The molecule has 1 fully saturated rings. The lowest BCUT2D eigenvalue weighted by Crippen LogP contribution is -2.39. The molecule has 0 N–H and O–H groups in total. The summed E-state index contributed by atoms with van der Waals surface area (Å²) in [5, 5.41) is 0. The second-order valence-electron chi connectivity index (χ2n) is 5.15. The fourth-order valence-corrected chi connectivity index (χ4v) is 2.57. The molecule has 1 atom stereocenters. The molecule has 0 bridgehead atoms. The highest BCUT2D eigenvalue weighted by Crippen LogP contribution is 2.29. The van der Waals surface area contributed by atoms with E-state index < -0.39 is 5.60 Å². The first-order valence-electron chi connectivity index (χ1n) is 6.79. The van der Waals surface area contributed by atoms with Crippen molar-refractivity contribution < 1.29 is 9.53 Å². The Labute approximate surface area is 99.8 Å². The van der Waals surface area contributed by atoms with E-state index in [-0.39, 0.29) is 0 Å². The van der Waals surface area contributed by atoms with Crippen LogP contribution in [0, 0.1) is 5.92 Å². The molecule has 1 rings (SSSR count). The van der Waals surface area contributed by atoms with Crippen LogP contribution in [0.15, 0.2) is 0 Å². The van der Waals surface area contributed by atoms with Gasteiger partial charge in [0.05, 0.1) is 0 Å². The summed E-state index contributed by atoms with van der Waals surface area (Å²) < 4.78 is 5.63. The van der Waals surface area contributed by atoms with Crippen LogP contribution in [0.5, 0.6) is 0 Å². The van der Waals surface area contributed by atoms with Crippen LogP contribution in [0.1, 0.15) is 65.7 Å². The third-order valence-electron chi connectivity index (χ3n) is 3.93. The first-order chi connectivity index (χ1) is 7.62. The molecule has 1 aliphatic rings. The summed E-state index contributed by atoms with van der Waals surface area (Å²) in [5.41, 5.74) is -0.536. The van der Waals surface area contributed by atoms with Crippen LogP contribution in [-0.2, 0) is 9.53 Å². The smallest absolute Gasteiger partial charge is 0.164 e. The Bertz CT molecular complexity index is 219. The summed E-state index contributed by atoms with van der Waals surface area (Å²) in [6.45, 7) is 6.57. The maximum atomic E-state index is 12.2. The predicted octanol–water partition coefficient (Wildman–Crippen LogP) is 3.73. The van der Waals surface area contributed by atoms with Gasteiger partial charge in [-0.05, 0) is 26.2 Å². The van der Waals surface area contributed by atoms with E-state index >= 15 is 0 Å². The minimum atomic E-state index is -0.536. The van der Waals surface area contributed by atoms with Crippen molar-refractivity contribution in [2.45, 2.75) is 71.3 Å². The third kappa shape index (κ3) is 3.58. The Morgan fingerprint density at radius 3 is 2.38 bits per heavy atom. The van der Waals surface area contributed by atoms with Crippen molar-refractivity contribution in [1.29, 1.82) is 0 Å². The third-order valence-corrected chi connectivity index (χ3v) is 3.93. The van der Waals surface area contributed by atoms with Crippen molar-refractivity contribution in [3.63, 3.8) is 0 Å². The largest absolute Gasteiger partial charge is 0.368 e. The van der Waals surface area contributed by atoms with Gasteiger partial charge in [0.1, 0.15) is 5.60 Å². The zero-order valence-electron chi connectivity index (χ0n) is 11.1. The Morgan fingerprint density at radius 1 is 1.25 bits per heavy atom. The highest BCUT2D eigenvalue weighted by molar-refractivity contribution is 5.87. The summed E-state index contributed by atoms with van der Waals surface area (Å²) in [6.07, 6.45) is 7.93. The zero-order chi connectivity index (χ0) is 12.0. The summed E-state index contributed by atoms with van der Waals surface area (Å²) in [7, 11) is 0. The van der Waals surface area contributed by atoms with Crippen LogP contribution in [0.4, 0.5) is 0 Å². The fourth-order valence-electron chi connectivity index (χ4n) is 2.57. The van der Waals surface area contributed by atoms with Crippen molar-refractivity contribution in [2.24, 2.45) is 5.92 Å². The van der Waals surface area contributed by atoms with Gasteiger partial charge >= 0.3 is 0 Å². The average Bonchev–Trinajstić information content (AvgIpc) is 2.30. The van der Waals surface area contributed by atoms with Crippen LogP contribution < -0.4 is 0 Å². The Kier molecular flexibility index (Phi) is 5.47. The van der Waals surface area contributed by atoms with Crippen LogP contribution in [0.25, 0.3) is 0 Å². The topological polar surface area (TPSA) is 26.3 Å². The molecule has 1 unspecified atom stereocenters. The number of ketones is 1. The van der Waals surface area contributed by atoms with E-state index in [0.29, 0.717) is 18.3 Å². The molecule has 94 valence electrons. The van der Waals surface area contributed by atoms with Gasteiger partial charge in [0, 0.05) is 13.0 Å². The van der Waals surface area contributed by atoms with E-state index in [1.807, 2.05) is 20.8 Å². The molecule has 0 saturated heterocycles. The molecule has 16 heavy (non-hydrogen) atoms. The lowest BCUT2D eigenvalue weighted by atomic mass is 9.82. The van der Waals surface area contributed by atoms with E-state index in [2.05, 4.69) is 0 Å². The van der Waals surface area contributed by atoms with E-state index in [1.165, 1.54) is 32.1 Å². The molecule has 1 aliphatic carbocycles. The maximum Gasteiger partial charge on any atom is 0.164 e. The molecule has 0 heterocycles. The quantitative estimate of drug-likeness (QED) is 0.689. The zero-order valence-corrected chi connectivity index (χ0v) is 11.1. The summed E-state index contributed by atoms with van der Waals surface area (Å²) in [5.74, 6) is 0.927. The first-order valence-corrected chi connectivity index (χ1v) is 6.79. The first kappa shape index (κ1) is 13.7. The van der Waals surface area contributed by atoms with Gasteiger partial charge in [-0.3, -0.25) is 4.79 Å². The van der Waals surface area contributed by atoms with Gasteiger partial charge in [-0.15, -0.1) is 0 Å². The van der Waals surface area contributed by atoms with Crippen molar-refractivity contribution in [2.75, 3.05) is 6.61 Å². The van der Waals surface area contributed by atoms with Gasteiger partial charge in [0.2, 0.25) is 0 Å². The molecule has 0 aliphatic heterocycles. The van der Waals surface area contributed by atoms with Crippen molar-refractivity contribution >= 4 is 5.78 Å². The molecular weight excluding hydrogens is 200 g/mol. The molecule has 0 radical (unpaired) electrons. The molecule has 0 spiro atoms. The highest BCUT2D eigenvalue weighted by atomic mass is 16.5. The fraction of sp³-hybridized carbons (Fsp3) is 0.929. The lowest BCUT2D eigenvalue weighted by Gasteiger charge is -2.29. The van der Waals surface area contributed by atoms with E-state index in [1.54, 1.807) is 0 Å². The lowest BCUT2D eigenvalue weighted by molar-refractivity contribution is -0.143. The number of hydrogen-bond acceptors (Lipinski definition) is 2. The van der Waals surface area contributed by atoms with Gasteiger partial charge in [0.25, 0.3) is 0 Å². The monoisotopic (exact) mass is 226 g/mol. The number of rotatable bonds is 6. The van der Waals surface area contributed by atoms with Crippen molar-refractivity contribution in [3.8, 4) is 0 Å². The molecular formula is C14H26O2. The Balaban J connectivity index is 2.47. The molecule has 2 heteroatoms. The molecule has 0 aromatic carbocycles. The molecule has 0 amide bonds. The molecule has 2 nitrogen and oxygen atoms in total. The average molecular weight is 226 g/mol. The second-order valence-corrected chi connectivity index (χ2v) is 5.15. The van der Waals surface area contributed by atoms with Crippen molar-refractivity contribution in [3.05, 3.63) is 0 Å². The van der Waals surface area contributed by atoms with Gasteiger partial charge in [0.15, 0.2) is 5.78 Å². The van der Waals surface area contributed by atoms with Gasteiger partial charge in [-0.2, -0.15) is 0 Å². The van der Waals surface area contributed by atoms with Gasteiger partial charge < -0.3 is 4.74 Å². The van der Waals surface area contributed by atoms with E-state index in [0.717, 1.165) is 12.8 Å². The number of carbonyl (C=O) groups excluding carboxylic acids is 1. The number of hydrogen-bond donors (Lipinski definition) is 0. The predicted molar refractivity (Wildman–Crippen MR) is 66.5 cm³/mol. The Hall–Kier alpha value is -0.370. The minimum absolute atomic E-state index is 0.309. The van der Waals surface area contributed by atoms with Crippen LogP contribution >= 0.6 is 0 Å². The van der Waals surface area contributed by atoms with Crippen LogP contribution in [0.3, 0.4) is 0 Å². The van der Waals surface area contributed by atoms with Crippen LogP contribution in [-0.4, -0.2) is 18.0 Å². The second kappa shape index (κ2) is 6.39. The molecule has 0 aromatic heterocycles. The molecule has 1 saturated carbocycles. The standard InChI is InChI=1S/C14H26O2/c1-4-14(3,16-5-2)13(15)11-12-9-7-6-8-10-12/h12H,4-11H2,1-3H3. The van der Waals surface area contributed by atoms with Gasteiger partial charge in [-0.1, -0.05) is 39.0 Å². The SMILES string of the molecule is CCOC(C)(CC)C(=O)CC1CCCCC1. The molecule has 0 aromatic rings. The minimum Gasteiger partial charge on any atom is -0.368 e. The Morgan fingerprint density at radius 2 is 1.88 bits per heavy atom. The summed E-state index contributed by atoms with van der Waals surface area (Å²) >= 11 is 0. The van der Waals surface area contributed by atoms with E-state index in [9.17, 15) is 4.79 Å². The number of Topliss-reactive ketones (excluding diaryl/α,β-unsaturated/α-hetero) is 1. The summed E-state index contributed by atoms with van der Waals surface area (Å²) in [6, 6.07) is 0.